The number of nitrogens with zero attached hydrogens (tertiary/aromatic N) is 3. The Bertz CT molecular complexity index is 2740. The minimum atomic E-state index is -0.0826. The minimum absolute atomic E-state index is 0.0796. The minimum Gasteiger partial charge on any atom is -0.310 e. The molecular weight excluding hydrogens is 603 g/mol. The standard InChI is InChI=1S/C44H35N3S/c1-43(2,3)26-14-16-27(17-15-26)46(29-18-20-31-30-10-6-8-12-35(30)44(4,5)36(31)23-29)28-19-21-39-33(22-28)34-24-37-42(48-25-45-37)40-32-11-7-9-13-38(32)47(39)41(34)40/h6-25H,1-5H3. The van der Waals surface area contributed by atoms with Crippen LogP contribution in [0.25, 0.3) is 59.4 Å². The molecule has 0 bridgehead atoms. The number of para-hydroxylation sites is 1. The first-order chi connectivity index (χ1) is 23.2. The molecule has 0 radical (unpaired) electrons. The summed E-state index contributed by atoms with van der Waals surface area (Å²) in [5.74, 6) is 0. The van der Waals surface area contributed by atoms with Crippen LogP contribution in [0.3, 0.4) is 0 Å². The van der Waals surface area contributed by atoms with Gasteiger partial charge in [-0.05, 0) is 87.8 Å². The molecule has 9 aromatic rings. The van der Waals surface area contributed by atoms with E-state index in [1.807, 2.05) is 5.51 Å². The molecule has 0 amide bonds. The number of aromatic nitrogens is 2. The highest BCUT2D eigenvalue weighted by molar-refractivity contribution is 7.18. The lowest BCUT2D eigenvalue weighted by Crippen LogP contribution is -2.17. The van der Waals surface area contributed by atoms with Crippen LogP contribution >= 0.6 is 11.3 Å². The zero-order valence-corrected chi connectivity index (χ0v) is 28.6. The first-order valence-corrected chi connectivity index (χ1v) is 17.7. The van der Waals surface area contributed by atoms with Crippen molar-refractivity contribution >= 4 is 76.7 Å². The summed E-state index contributed by atoms with van der Waals surface area (Å²) in [5, 5.41) is 5.11. The second kappa shape index (κ2) is 9.46. The molecule has 0 aliphatic heterocycles. The Morgan fingerprint density at radius 2 is 1.33 bits per heavy atom. The van der Waals surface area contributed by atoms with Crippen LogP contribution in [-0.2, 0) is 10.8 Å². The Balaban J connectivity index is 1.23. The summed E-state index contributed by atoms with van der Waals surface area (Å²) in [7, 11) is 0. The summed E-state index contributed by atoms with van der Waals surface area (Å²) in [6, 6.07) is 43.2. The number of rotatable bonds is 3. The topological polar surface area (TPSA) is 20.5 Å². The van der Waals surface area contributed by atoms with E-state index in [9.17, 15) is 0 Å². The third-order valence-corrected chi connectivity index (χ3v) is 11.7. The summed E-state index contributed by atoms with van der Waals surface area (Å²) in [5.41, 5.74) is 17.1. The first-order valence-electron chi connectivity index (χ1n) is 16.8. The van der Waals surface area contributed by atoms with Gasteiger partial charge in [0.25, 0.3) is 0 Å². The average molecular weight is 638 g/mol. The molecule has 0 spiro atoms. The van der Waals surface area contributed by atoms with Crippen LogP contribution in [0.5, 0.6) is 0 Å². The largest absolute Gasteiger partial charge is 0.310 e. The second-order valence-electron chi connectivity index (χ2n) is 14.9. The van der Waals surface area contributed by atoms with Crippen LogP contribution in [-0.4, -0.2) is 9.38 Å². The van der Waals surface area contributed by atoms with Crippen LogP contribution in [0.4, 0.5) is 17.1 Å². The highest BCUT2D eigenvalue weighted by atomic mass is 32.1. The Kier molecular flexibility index (Phi) is 5.49. The molecule has 3 nitrogen and oxygen atoms in total. The van der Waals surface area contributed by atoms with Crippen LogP contribution < -0.4 is 4.90 Å². The van der Waals surface area contributed by atoms with Crippen molar-refractivity contribution in [2.24, 2.45) is 0 Å². The smallest absolute Gasteiger partial charge is 0.0826 e. The molecule has 0 fully saturated rings. The van der Waals surface area contributed by atoms with Crippen molar-refractivity contribution in [3.63, 3.8) is 0 Å². The SMILES string of the molecule is CC(C)(C)c1ccc(N(c2ccc3c(c2)C(C)(C)c2ccccc2-3)c2ccc3c(c2)c2cc4ncsc4c4c5ccccc5n3c24)cc1. The van der Waals surface area contributed by atoms with Crippen molar-refractivity contribution in [2.75, 3.05) is 4.90 Å². The molecule has 3 aromatic heterocycles. The van der Waals surface area contributed by atoms with Crippen LogP contribution in [0, 0.1) is 0 Å². The Morgan fingerprint density at radius 1 is 0.646 bits per heavy atom. The fourth-order valence-corrected chi connectivity index (χ4v) is 9.22. The number of anilines is 3. The lowest BCUT2D eigenvalue weighted by molar-refractivity contribution is 0.590. The average Bonchev–Trinajstić information content (AvgIpc) is 3.83. The lowest BCUT2D eigenvalue weighted by atomic mass is 9.82. The van der Waals surface area contributed by atoms with Gasteiger partial charge < -0.3 is 9.30 Å². The van der Waals surface area contributed by atoms with Gasteiger partial charge in [-0.1, -0.05) is 95.3 Å². The molecule has 0 unspecified atom stereocenters. The molecule has 232 valence electrons. The highest BCUT2D eigenvalue weighted by Crippen LogP contribution is 2.51. The molecular formula is C44H35N3S. The summed E-state index contributed by atoms with van der Waals surface area (Å²) >= 11 is 1.74. The molecule has 0 atom stereocenters. The van der Waals surface area contributed by atoms with Gasteiger partial charge in [0.05, 0.1) is 32.3 Å². The molecule has 10 rings (SSSR count). The van der Waals surface area contributed by atoms with E-state index in [1.54, 1.807) is 11.3 Å². The monoisotopic (exact) mass is 637 g/mol. The number of thiazole rings is 1. The molecule has 1 aliphatic carbocycles. The summed E-state index contributed by atoms with van der Waals surface area (Å²) < 4.78 is 3.73. The zero-order valence-electron chi connectivity index (χ0n) is 27.8. The molecule has 3 heterocycles. The zero-order chi connectivity index (χ0) is 32.5. The third kappa shape index (κ3) is 3.67. The summed E-state index contributed by atoms with van der Waals surface area (Å²) in [6.07, 6.45) is 0. The van der Waals surface area contributed by atoms with E-state index in [4.69, 9.17) is 4.98 Å². The van der Waals surface area contributed by atoms with E-state index in [0.29, 0.717) is 0 Å². The van der Waals surface area contributed by atoms with E-state index < -0.39 is 0 Å². The van der Waals surface area contributed by atoms with Crippen LogP contribution in [0.15, 0.2) is 121 Å². The number of benzene rings is 6. The van der Waals surface area contributed by atoms with Gasteiger partial charge in [-0.25, -0.2) is 4.98 Å². The van der Waals surface area contributed by atoms with Gasteiger partial charge in [-0.3, -0.25) is 0 Å². The van der Waals surface area contributed by atoms with E-state index in [2.05, 4.69) is 159 Å². The molecule has 6 aromatic carbocycles. The van der Waals surface area contributed by atoms with Crippen molar-refractivity contribution in [3.8, 4) is 11.1 Å². The Morgan fingerprint density at radius 3 is 2.17 bits per heavy atom. The lowest BCUT2D eigenvalue weighted by Gasteiger charge is -2.29. The van der Waals surface area contributed by atoms with Crippen molar-refractivity contribution in [2.45, 2.75) is 45.4 Å². The fourth-order valence-electron chi connectivity index (χ4n) is 8.39. The van der Waals surface area contributed by atoms with Crippen LogP contribution in [0.1, 0.15) is 51.3 Å². The maximum Gasteiger partial charge on any atom is 0.0826 e. The highest BCUT2D eigenvalue weighted by Gasteiger charge is 2.36. The maximum absolute atomic E-state index is 4.80. The van der Waals surface area contributed by atoms with Gasteiger partial charge >= 0.3 is 0 Å². The van der Waals surface area contributed by atoms with Gasteiger partial charge in [0.2, 0.25) is 0 Å². The molecule has 48 heavy (non-hydrogen) atoms. The van der Waals surface area contributed by atoms with E-state index >= 15 is 0 Å². The third-order valence-electron chi connectivity index (χ3n) is 10.8. The quantitative estimate of drug-likeness (QED) is 0.192. The Hall–Kier alpha value is -5.19. The van der Waals surface area contributed by atoms with Crippen molar-refractivity contribution in [1.29, 1.82) is 0 Å². The molecule has 0 N–H and O–H groups in total. The van der Waals surface area contributed by atoms with Gasteiger partial charge in [0, 0.05) is 44.0 Å². The molecule has 4 heteroatoms. The number of hydrogen-bond acceptors (Lipinski definition) is 3. The van der Waals surface area contributed by atoms with Gasteiger partial charge in [-0.15, -0.1) is 11.3 Å². The second-order valence-corrected chi connectivity index (χ2v) is 15.8. The molecule has 1 aliphatic rings. The predicted molar refractivity (Wildman–Crippen MR) is 205 cm³/mol. The number of fused-ring (bicyclic) bond motifs is 11. The molecule has 0 saturated carbocycles. The summed E-state index contributed by atoms with van der Waals surface area (Å²) in [4.78, 5) is 7.24. The molecule has 0 saturated heterocycles. The first kappa shape index (κ1) is 27.9. The predicted octanol–water partition coefficient (Wildman–Crippen LogP) is 12.5. The van der Waals surface area contributed by atoms with Gasteiger partial charge in [-0.2, -0.15) is 0 Å². The van der Waals surface area contributed by atoms with Crippen LogP contribution in [0.2, 0.25) is 0 Å². The van der Waals surface area contributed by atoms with E-state index in [0.717, 1.165) is 16.9 Å². The van der Waals surface area contributed by atoms with Crippen molar-refractivity contribution in [3.05, 3.63) is 137 Å². The fraction of sp³-hybridized carbons (Fsp3) is 0.159. The van der Waals surface area contributed by atoms with Crippen molar-refractivity contribution in [1.82, 2.24) is 9.38 Å². The Labute approximate surface area is 284 Å². The van der Waals surface area contributed by atoms with Gasteiger partial charge in [0.1, 0.15) is 0 Å². The normalized spacial score (nSPS) is 14.1. The van der Waals surface area contributed by atoms with E-state index in [1.165, 1.54) is 76.3 Å². The van der Waals surface area contributed by atoms with E-state index in [-0.39, 0.29) is 10.8 Å². The number of hydrogen-bond donors (Lipinski definition) is 0. The van der Waals surface area contributed by atoms with Crippen molar-refractivity contribution < 1.29 is 0 Å². The summed E-state index contributed by atoms with van der Waals surface area (Å²) in [6.45, 7) is 11.5. The van der Waals surface area contributed by atoms with Gasteiger partial charge in [0.15, 0.2) is 0 Å². The maximum atomic E-state index is 4.80.